The molecule has 0 spiro atoms. The van der Waals surface area contributed by atoms with E-state index in [4.69, 9.17) is 5.11 Å². The average Bonchev–Trinajstić information content (AvgIpc) is 3.12. The zero-order chi connectivity index (χ0) is 17.7. The predicted molar refractivity (Wildman–Crippen MR) is 91.7 cm³/mol. The predicted octanol–water partition coefficient (Wildman–Crippen LogP) is 2.39. The summed E-state index contributed by atoms with van der Waals surface area (Å²) >= 11 is 0. The van der Waals surface area contributed by atoms with Gasteiger partial charge in [0, 0.05) is 42.8 Å². The SMILES string of the molecule is CC(=O)N1c2ccc(-c3cn4cc(C(=O)O)cnc4n3)cc2CC1C. The molecule has 3 aromatic rings. The standard InChI is InChI=1S/C18H16N4O3/c1-10-5-13-6-12(3-4-16(13)22(10)11(2)23)15-9-21-8-14(17(24)25)7-19-18(21)20-15/h3-4,6-10H,5H2,1-2H3,(H,24,25). The fourth-order valence-electron chi connectivity index (χ4n) is 3.40. The minimum absolute atomic E-state index is 0.0390. The third-order valence-electron chi connectivity index (χ3n) is 4.49. The topological polar surface area (TPSA) is 87.8 Å². The highest BCUT2D eigenvalue weighted by Gasteiger charge is 2.29. The van der Waals surface area contributed by atoms with Crippen LogP contribution in [-0.2, 0) is 11.2 Å². The Morgan fingerprint density at radius 3 is 2.80 bits per heavy atom. The molecule has 0 saturated carbocycles. The molecule has 1 N–H and O–H groups in total. The smallest absolute Gasteiger partial charge is 0.338 e. The molecule has 1 aromatic carbocycles. The van der Waals surface area contributed by atoms with E-state index in [9.17, 15) is 9.59 Å². The van der Waals surface area contributed by atoms with Gasteiger partial charge in [-0.25, -0.2) is 14.8 Å². The summed E-state index contributed by atoms with van der Waals surface area (Å²) in [6.45, 7) is 3.61. The first-order valence-corrected chi connectivity index (χ1v) is 7.95. The van der Waals surface area contributed by atoms with Crippen molar-refractivity contribution in [2.24, 2.45) is 0 Å². The Morgan fingerprint density at radius 2 is 2.08 bits per heavy atom. The van der Waals surface area contributed by atoms with Crippen LogP contribution in [0.2, 0.25) is 0 Å². The maximum Gasteiger partial charge on any atom is 0.338 e. The maximum atomic E-state index is 11.8. The lowest BCUT2D eigenvalue weighted by Crippen LogP contribution is -2.33. The van der Waals surface area contributed by atoms with Crippen molar-refractivity contribution in [2.45, 2.75) is 26.3 Å². The molecule has 1 atom stereocenters. The second kappa shape index (κ2) is 5.41. The van der Waals surface area contributed by atoms with E-state index >= 15 is 0 Å². The lowest BCUT2D eigenvalue weighted by Gasteiger charge is -2.20. The lowest BCUT2D eigenvalue weighted by atomic mass is 10.1. The molecule has 1 amide bonds. The second-order valence-corrected chi connectivity index (χ2v) is 6.27. The third-order valence-corrected chi connectivity index (χ3v) is 4.49. The summed E-state index contributed by atoms with van der Waals surface area (Å²) in [5.41, 5.74) is 3.79. The number of anilines is 1. The highest BCUT2D eigenvalue weighted by Crippen LogP contribution is 2.35. The number of aromatic carboxylic acids is 1. The Bertz CT molecular complexity index is 1020. The van der Waals surface area contributed by atoms with Crippen LogP contribution in [0.3, 0.4) is 0 Å². The number of carboxylic acid groups (broad SMARTS) is 1. The largest absolute Gasteiger partial charge is 0.478 e. The molecule has 0 bridgehead atoms. The van der Waals surface area contributed by atoms with Crippen molar-refractivity contribution in [3.63, 3.8) is 0 Å². The van der Waals surface area contributed by atoms with E-state index in [2.05, 4.69) is 9.97 Å². The summed E-state index contributed by atoms with van der Waals surface area (Å²) in [4.78, 5) is 33.2. The summed E-state index contributed by atoms with van der Waals surface area (Å²) < 4.78 is 1.61. The molecule has 0 fully saturated rings. The number of aromatic nitrogens is 3. The monoisotopic (exact) mass is 336 g/mol. The fraction of sp³-hybridized carbons (Fsp3) is 0.222. The van der Waals surface area contributed by atoms with Crippen molar-refractivity contribution >= 4 is 23.3 Å². The molecule has 7 heteroatoms. The average molecular weight is 336 g/mol. The van der Waals surface area contributed by atoms with E-state index in [0.717, 1.165) is 23.2 Å². The van der Waals surface area contributed by atoms with E-state index in [-0.39, 0.29) is 17.5 Å². The van der Waals surface area contributed by atoms with Crippen molar-refractivity contribution in [3.05, 3.63) is 47.9 Å². The van der Waals surface area contributed by atoms with Gasteiger partial charge in [0.15, 0.2) is 0 Å². The van der Waals surface area contributed by atoms with Crippen molar-refractivity contribution in [3.8, 4) is 11.3 Å². The molecule has 7 nitrogen and oxygen atoms in total. The van der Waals surface area contributed by atoms with Crippen LogP contribution in [0, 0.1) is 0 Å². The van der Waals surface area contributed by atoms with Crippen LogP contribution in [-0.4, -0.2) is 37.4 Å². The molecule has 0 radical (unpaired) electrons. The molecule has 2 aromatic heterocycles. The van der Waals surface area contributed by atoms with Gasteiger partial charge in [-0.05, 0) is 31.0 Å². The number of carboxylic acids is 1. The highest BCUT2D eigenvalue weighted by atomic mass is 16.4. The van der Waals surface area contributed by atoms with Gasteiger partial charge in [0.25, 0.3) is 0 Å². The fourth-order valence-corrected chi connectivity index (χ4v) is 3.40. The van der Waals surface area contributed by atoms with Crippen LogP contribution in [0.4, 0.5) is 5.69 Å². The Labute approximate surface area is 143 Å². The zero-order valence-corrected chi connectivity index (χ0v) is 13.8. The Balaban J connectivity index is 1.76. The summed E-state index contributed by atoms with van der Waals surface area (Å²) in [7, 11) is 0. The number of imidazole rings is 1. The minimum atomic E-state index is -1.03. The molecule has 1 aliphatic rings. The molecular formula is C18H16N4O3. The van der Waals surface area contributed by atoms with Gasteiger partial charge in [-0.2, -0.15) is 0 Å². The number of hydrogen-bond acceptors (Lipinski definition) is 4. The van der Waals surface area contributed by atoms with Crippen molar-refractivity contribution in [2.75, 3.05) is 4.90 Å². The number of benzene rings is 1. The number of rotatable bonds is 2. The Hall–Kier alpha value is -3.22. The van der Waals surface area contributed by atoms with Crippen LogP contribution in [0.1, 0.15) is 29.8 Å². The molecule has 126 valence electrons. The summed E-state index contributed by atoms with van der Waals surface area (Å²) in [5, 5.41) is 9.06. The van der Waals surface area contributed by atoms with E-state index in [0.29, 0.717) is 11.5 Å². The Morgan fingerprint density at radius 1 is 1.28 bits per heavy atom. The van der Waals surface area contributed by atoms with Gasteiger partial charge in [-0.1, -0.05) is 6.07 Å². The van der Waals surface area contributed by atoms with Gasteiger partial charge < -0.3 is 10.0 Å². The third kappa shape index (κ3) is 2.44. The minimum Gasteiger partial charge on any atom is -0.478 e. The molecule has 25 heavy (non-hydrogen) atoms. The van der Waals surface area contributed by atoms with Crippen LogP contribution in [0.15, 0.2) is 36.8 Å². The number of hydrogen-bond donors (Lipinski definition) is 1. The van der Waals surface area contributed by atoms with Gasteiger partial charge in [-0.15, -0.1) is 0 Å². The number of amides is 1. The first-order valence-electron chi connectivity index (χ1n) is 7.95. The summed E-state index contributed by atoms with van der Waals surface area (Å²) in [6, 6.07) is 6.04. The zero-order valence-electron chi connectivity index (χ0n) is 13.8. The molecular weight excluding hydrogens is 320 g/mol. The van der Waals surface area contributed by atoms with E-state index < -0.39 is 5.97 Å². The molecule has 1 aliphatic heterocycles. The van der Waals surface area contributed by atoms with Crippen molar-refractivity contribution < 1.29 is 14.7 Å². The normalized spacial score (nSPS) is 16.2. The maximum absolute atomic E-state index is 11.8. The van der Waals surface area contributed by atoms with Crippen LogP contribution >= 0.6 is 0 Å². The first-order chi connectivity index (χ1) is 11.9. The van der Waals surface area contributed by atoms with Gasteiger partial charge >= 0.3 is 5.97 Å². The van der Waals surface area contributed by atoms with Gasteiger partial charge in [0.1, 0.15) is 0 Å². The lowest BCUT2D eigenvalue weighted by molar-refractivity contribution is -0.116. The molecule has 1 unspecified atom stereocenters. The van der Waals surface area contributed by atoms with Crippen molar-refractivity contribution in [1.82, 2.24) is 14.4 Å². The van der Waals surface area contributed by atoms with Crippen LogP contribution in [0.25, 0.3) is 17.0 Å². The number of carbonyl (C=O) groups is 2. The van der Waals surface area contributed by atoms with E-state index in [1.807, 2.05) is 30.0 Å². The molecule has 4 rings (SSSR count). The summed E-state index contributed by atoms with van der Waals surface area (Å²) in [5.74, 6) is -0.545. The van der Waals surface area contributed by atoms with E-state index in [1.165, 1.54) is 12.4 Å². The Kier molecular flexibility index (Phi) is 3.31. The second-order valence-electron chi connectivity index (χ2n) is 6.27. The number of fused-ring (bicyclic) bond motifs is 2. The highest BCUT2D eigenvalue weighted by molar-refractivity contribution is 5.95. The molecule has 0 aliphatic carbocycles. The van der Waals surface area contributed by atoms with Gasteiger partial charge in [-0.3, -0.25) is 9.20 Å². The summed E-state index contributed by atoms with van der Waals surface area (Å²) in [6.07, 6.45) is 5.35. The number of nitrogens with zero attached hydrogens (tertiary/aromatic N) is 4. The van der Waals surface area contributed by atoms with Gasteiger partial charge in [0.2, 0.25) is 11.7 Å². The first kappa shape index (κ1) is 15.3. The van der Waals surface area contributed by atoms with Gasteiger partial charge in [0.05, 0.1) is 11.3 Å². The van der Waals surface area contributed by atoms with Crippen LogP contribution < -0.4 is 4.90 Å². The molecule has 3 heterocycles. The number of carbonyl (C=O) groups excluding carboxylic acids is 1. The van der Waals surface area contributed by atoms with E-state index in [1.54, 1.807) is 17.5 Å². The molecule has 0 saturated heterocycles. The van der Waals surface area contributed by atoms with Crippen molar-refractivity contribution in [1.29, 1.82) is 0 Å². The quantitative estimate of drug-likeness (QED) is 0.776. The van der Waals surface area contributed by atoms with Crippen LogP contribution in [0.5, 0.6) is 0 Å².